The molecule has 0 aliphatic carbocycles. The summed E-state index contributed by atoms with van der Waals surface area (Å²) in [6, 6.07) is 0. The monoisotopic (exact) mass is 304 g/mol. The second-order valence-electron chi connectivity index (χ2n) is 5.68. The molecule has 0 heterocycles. The molecule has 0 bridgehead atoms. The van der Waals surface area contributed by atoms with Crippen molar-refractivity contribution in [3.63, 3.8) is 0 Å². The van der Waals surface area contributed by atoms with Crippen LogP contribution in [0.3, 0.4) is 0 Å². The molecule has 0 amide bonds. The minimum atomic E-state index is 0. The molecule has 3 heteroatoms. The van der Waals surface area contributed by atoms with Gasteiger partial charge in [0.1, 0.15) is 0 Å². The molecule has 0 aromatic carbocycles. The van der Waals surface area contributed by atoms with Gasteiger partial charge < -0.3 is 15.3 Å². The van der Waals surface area contributed by atoms with Crippen LogP contribution in [0, 0.1) is 0 Å². The second kappa shape index (κ2) is 22.2. The average molecular weight is 305 g/mol. The molecule has 0 aromatic rings. The molecule has 0 aliphatic rings. The van der Waals surface area contributed by atoms with Crippen LogP contribution in [0.1, 0.15) is 80.1 Å². The van der Waals surface area contributed by atoms with Crippen molar-refractivity contribution in [3.8, 4) is 0 Å². The van der Waals surface area contributed by atoms with Crippen molar-refractivity contribution in [2.75, 3.05) is 39.3 Å². The zero-order valence-corrected chi connectivity index (χ0v) is 15.9. The first-order chi connectivity index (χ1) is 9.69. The number of hydrogen-bond donors (Lipinski definition) is 0. The summed E-state index contributed by atoms with van der Waals surface area (Å²) in [6.07, 6.45) is 7.75. The maximum atomic E-state index is 2.54. The highest BCUT2D eigenvalue weighted by Crippen LogP contribution is 1.95. The van der Waals surface area contributed by atoms with Gasteiger partial charge in [0, 0.05) is 0 Å². The first-order valence-electron chi connectivity index (χ1n) is 9.14. The Hall–Kier alpha value is -0.120. The van der Waals surface area contributed by atoms with Crippen LogP contribution in [-0.4, -0.2) is 54.5 Å². The standard InChI is InChI=1S/2C9H21N.H2O/c2*1-4-7-10(8-5-2)9-6-3;/h2*4-9H2,1-3H3;1H2. The molecule has 0 spiro atoms. The van der Waals surface area contributed by atoms with Crippen molar-refractivity contribution in [1.82, 2.24) is 9.80 Å². The molecule has 0 rings (SSSR count). The molecule has 21 heavy (non-hydrogen) atoms. The normalized spacial score (nSPS) is 10.3. The summed E-state index contributed by atoms with van der Waals surface area (Å²) < 4.78 is 0. The lowest BCUT2D eigenvalue weighted by Crippen LogP contribution is -2.26. The highest BCUT2D eigenvalue weighted by atomic mass is 16.0. The molecule has 3 nitrogen and oxygen atoms in total. The third kappa shape index (κ3) is 19.9. The van der Waals surface area contributed by atoms with Gasteiger partial charge >= 0.3 is 0 Å². The van der Waals surface area contributed by atoms with Crippen molar-refractivity contribution >= 4 is 0 Å². The summed E-state index contributed by atoms with van der Waals surface area (Å²) in [5, 5.41) is 0. The van der Waals surface area contributed by atoms with Gasteiger partial charge in [-0.05, 0) is 77.8 Å². The Morgan fingerprint density at radius 2 is 0.524 bits per heavy atom. The quantitative estimate of drug-likeness (QED) is 0.541. The van der Waals surface area contributed by atoms with Crippen molar-refractivity contribution in [2.45, 2.75) is 80.1 Å². The van der Waals surface area contributed by atoms with Crippen LogP contribution >= 0.6 is 0 Å². The lowest BCUT2D eigenvalue weighted by Gasteiger charge is -2.19. The molecule has 2 N–H and O–H groups in total. The maximum Gasteiger partial charge on any atom is -0.00214 e. The fourth-order valence-electron chi connectivity index (χ4n) is 2.57. The Morgan fingerprint density at radius 1 is 0.381 bits per heavy atom. The van der Waals surface area contributed by atoms with E-state index in [1.807, 2.05) is 0 Å². The van der Waals surface area contributed by atoms with E-state index < -0.39 is 0 Å². The van der Waals surface area contributed by atoms with Crippen molar-refractivity contribution in [3.05, 3.63) is 0 Å². The van der Waals surface area contributed by atoms with Crippen LogP contribution in [0.25, 0.3) is 0 Å². The maximum absolute atomic E-state index is 2.54. The summed E-state index contributed by atoms with van der Waals surface area (Å²) in [5.74, 6) is 0. The Morgan fingerprint density at radius 3 is 0.619 bits per heavy atom. The molecule has 132 valence electrons. The van der Waals surface area contributed by atoms with E-state index in [1.165, 1.54) is 77.8 Å². The first kappa shape index (κ1) is 25.8. The average Bonchev–Trinajstić information content (AvgIpc) is 2.41. The van der Waals surface area contributed by atoms with Gasteiger partial charge in [-0.1, -0.05) is 41.5 Å². The molecule has 0 saturated heterocycles. The van der Waals surface area contributed by atoms with Crippen molar-refractivity contribution < 1.29 is 5.48 Å². The van der Waals surface area contributed by atoms with E-state index in [4.69, 9.17) is 0 Å². The summed E-state index contributed by atoms with van der Waals surface area (Å²) in [7, 11) is 0. The van der Waals surface area contributed by atoms with Crippen LogP contribution in [0.4, 0.5) is 0 Å². The predicted octanol–water partition coefficient (Wildman–Crippen LogP) is 4.21. The first-order valence-corrected chi connectivity index (χ1v) is 9.14. The Kier molecular flexibility index (Phi) is 27.2. The van der Waals surface area contributed by atoms with Crippen molar-refractivity contribution in [1.29, 1.82) is 0 Å². The second-order valence-corrected chi connectivity index (χ2v) is 5.68. The molecule has 0 unspecified atom stereocenters. The molecule has 0 aromatic heterocycles. The van der Waals surface area contributed by atoms with Crippen LogP contribution in [0.2, 0.25) is 0 Å². The summed E-state index contributed by atoms with van der Waals surface area (Å²) in [6.45, 7) is 21.2. The number of nitrogens with zero attached hydrogens (tertiary/aromatic N) is 2. The van der Waals surface area contributed by atoms with Gasteiger partial charge in [-0.15, -0.1) is 0 Å². The summed E-state index contributed by atoms with van der Waals surface area (Å²) in [4.78, 5) is 5.08. The minimum absolute atomic E-state index is 0. The zero-order chi connectivity index (χ0) is 15.6. The molecule has 0 radical (unpaired) electrons. The molecule has 0 fully saturated rings. The minimum Gasteiger partial charge on any atom is -0.412 e. The largest absolute Gasteiger partial charge is 0.412 e. The van der Waals surface area contributed by atoms with Gasteiger partial charge in [0.15, 0.2) is 0 Å². The van der Waals surface area contributed by atoms with E-state index in [9.17, 15) is 0 Å². The van der Waals surface area contributed by atoms with Crippen molar-refractivity contribution in [2.24, 2.45) is 0 Å². The highest BCUT2D eigenvalue weighted by Gasteiger charge is 1.99. The summed E-state index contributed by atoms with van der Waals surface area (Å²) >= 11 is 0. The molecular weight excluding hydrogens is 260 g/mol. The lowest BCUT2D eigenvalue weighted by atomic mass is 10.3. The van der Waals surface area contributed by atoms with Crippen LogP contribution in [0.15, 0.2) is 0 Å². The molecule has 0 atom stereocenters. The third-order valence-electron chi connectivity index (χ3n) is 3.24. The number of rotatable bonds is 12. The van der Waals surface area contributed by atoms with Gasteiger partial charge in [-0.25, -0.2) is 0 Å². The van der Waals surface area contributed by atoms with Crippen LogP contribution < -0.4 is 0 Å². The van der Waals surface area contributed by atoms with E-state index in [-0.39, 0.29) is 5.48 Å². The molecule has 0 saturated carbocycles. The van der Waals surface area contributed by atoms with Gasteiger partial charge in [-0.2, -0.15) is 0 Å². The molecular formula is C18H44N2O. The summed E-state index contributed by atoms with van der Waals surface area (Å²) in [5.41, 5.74) is 0. The van der Waals surface area contributed by atoms with Gasteiger partial charge in [-0.3, -0.25) is 0 Å². The predicted molar refractivity (Wildman–Crippen MR) is 98.2 cm³/mol. The van der Waals surface area contributed by atoms with Gasteiger partial charge in [0.25, 0.3) is 0 Å². The van der Waals surface area contributed by atoms with E-state index in [1.54, 1.807) is 0 Å². The smallest absolute Gasteiger partial charge is 0.00214 e. The Labute approximate surface area is 135 Å². The van der Waals surface area contributed by atoms with E-state index in [0.29, 0.717) is 0 Å². The highest BCUT2D eigenvalue weighted by molar-refractivity contribution is 4.54. The fraction of sp³-hybridized carbons (Fsp3) is 1.00. The van der Waals surface area contributed by atoms with E-state index >= 15 is 0 Å². The molecule has 0 aliphatic heterocycles. The SMILES string of the molecule is CCCN(CCC)CCC.CCCN(CCC)CCC.O. The van der Waals surface area contributed by atoms with Crippen LogP contribution in [0.5, 0.6) is 0 Å². The van der Waals surface area contributed by atoms with E-state index in [2.05, 4.69) is 51.3 Å². The fourth-order valence-corrected chi connectivity index (χ4v) is 2.57. The number of hydrogen-bond acceptors (Lipinski definition) is 2. The third-order valence-corrected chi connectivity index (χ3v) is 3.24. The Bertz CT molecular complexity index is 119. The van der Waals surface area contributed by atoms with E-state index in [0.717, 1.165) is 0 Å². The van der Waals surface area contributed by atoms with Gasteiger partial charge in [0.05, 0.1) is 0 Å². The lowest BCUT2D eigenvalue weighted by molar-refractivity contribution is 0.275. The van der Waals surface area contributed by atoms with Gasteiger partial charge in [0.2, 0.25) is 0 Å². The zero-order valence-electron chi connectivity index (χ0n) is 15.9. The Balaban J connectivity index is -0.000000295. The topological polar surface area (TPSA) is 38.0 Å². The van der Waals surface area contributed by atoms with Crippen LogP contribution in [-0.2, 0) is 0 Å².